The summed E-state index contributed by atoms with van der Waals surface area (Å²) in [6, 6.07) is 0. The zero-order valence-corrected chi connectivity index (χ0v) is 11.7. The molecule has 1 aliphatic heterocycles. The highest BCUT2D eigenvalue weighted by atomic mass is 32.1. The lowest BCUT2D eigenvalue weighted by Crippen LogP contribution is -2.39. The predicted molar refractivity (Wildman–Crippen MR) is 74.1 cm³/mol. The van der Waals surface area contributed by atoms with Crippen molar-refractivity contribution in [1.82, 2.24) is 30.1 Å². The van der Waals surface area contributed by atoms with E-state index < -0.39 is 0 Å². The highest BCUT2D eigenvalue weighted by molar-refractivity contribution is 7.09. The van der Waals surface area contributed by atoms with Crippen LogP contribution in [0.15, 0.2) is 6.20 Å². The molecule has 2 aromatic heterocycles. The number of nitrogens with one attached hydrogen (secondary N) is 2. The number of hydrogen-bond acceptors (Lipinski definition) is 7. The smallest absolute Gasteiger partial charge is 0.245 e. The van der Waals surface area contributed by atoms with E-state index in [1.165, 1.54) is 24.4 Å². The molecule has 7 nitrogen and oxygen atoms in total. The van der Waals surface area contributed by atoms with E-state index in [4.69, 9.17) is 0 Å². The first-order chi connectivity index (χ1) is 9.36. The number of aromatic nitrogens is 5. The second-order valence-corrected chi connectivity index (χ2v) is 5.56. The van der Waals surface area contributed by atoms with Crippen molar-refractivity contribution in [3.63, 3.8) is 0 Å². The average Bonchev–Trinajstić information content (AvgIpc) is 3.11. The molecule has 1 aliphatic rings. The Balaban J connectivity index is 1.72. The van der Waals surface area contributed by atoms with Crippen LogP contribution in [-0.4, -0.2) is 51.5 Å². The highest BCUT2D eigenvalue weighted by Crippen LogP contribution is 2.23. The Bertz CT molecular complexity index is 507. The molecule has 1 atom stereocenters. The Morgan fingerprint density at radius 2 is 2.53 bits per heavy atom. The Hall–Kier alpha value is -1.54. The summed E-state index contributed by atoms with van der Waals surface area (Å²) in [5.74, 6) is 2.20. The van der Waals surface area contributed by atoms with E-state index >= 15 is 0 Å². The SMILES string of the molecule is CNCC1CCCN(c2n[nH]c(-c3cnns3)n2)C1. The molecule has 0 spiro atoms. The van der Waals surface area contributed by atoms with E-state index in [9.17, 15) is 0 Å². The van der Waals surface area contributed by atoms with Gasteiger partial charge < -0.3 is 10.2 Å². The second-order valence-electron chi connectivity index (χ2n) is 4.78. The van der Waals surface area contributed by atoms with Gasteiger partial charge in [0.25, 0.3) is 0 Å². The summed E-state index contributed by atoms with van der Waals surface area (Å²) in [6.45, 7) is 3.09. The molecule has 0 aromatic carbocycles. The minimum Gasteiger partial charge on any atom is -0.339 e. The van der Waals surface area contributed by atoms with Gasteiger partial charge in [-0.2, -0.15) is 4.98 Å². The first kappa shape index (κ1) is 12.5. The highest BCUT2D eigenvalue weighted by Gasteiger charge is 2.22. The molecule has 1 fully saturated rings. The maximum Gasteiger partial charge on any atom is 0.245 e. The van der Waals surface area contributed by atoms with Crippen LogP contribution in [0.2, 0.25) is 0 Å². The summed E-state index contributed by atoms with van der Waals surface area (Å²) in [7, 11) is 2.00. The van der Waals surface area contributed by atoms with Gasteiger partial charge in [0.15, 0.2) is 5.82 Å². The van der Waals surface area contributed by atoms with Crippen molar-refractivity contribution in [2.45, 2.75) is 12.8 Å². The van der Waals surface area contributed by atoms with E-state index in [0.29, 0.717) is 5.92 Å². The number of hydrogen-bond donors (Lipinski definition) is 2. The zero-order valence-electron chi connectivity index (χ0n) is 10.8. The summed E-state index contributed by atoms with van der Waals surface area (Å²) < 4.78 is 3.84. The largest absolute Gasteiger partial charge is 0.339 e. The van der Waals surface area contributed by atoms with Crippen molar-refractivity contribution >= 4 is 17.5 Å². The summed E-state index contributed by atoms with van der Waals surface area (Å²) in [4.78, 5) is 7.71. The fraction of sp³-hybridized carbons (Fsp3) is 0.636. The molecule has 0 aliphatic carbocycles. The molecule has 0 bridgehead atoms. The number of H-pyrrole nitrogens is 1. The van der Waals surface area contributed by atoms with Crippen LogP contribution in [0.3, 0.4) is 0 Å². The van der Waals surface area contributed by atoms with Gasteiger partial charge >= 0.3 is 0 Å². The third-order valence-electron chi connectivity index (χ3n) is 3.36. The van der Waals surface area contributed by atoms with Crippen molar-refractivity contribution in [1.29, 1.82) is 0 Å². The third kappa shape index (κ3) is 2.74. The van der Waals surface area contributed by atoms with Crippen LogP contribution >= 0.6 is 11.5 Å². The van der Waals surface area contributed by atoms with E-state index in [-0.39, 0.29) is 0 Å². The number of anilines is 1. The quantitative estimate of drug-likeness (QED) is 0.860. The van der Waals surface area contributed by atoms with Crippen molar-refractivity contribution in [2.75, 3.05) is 31.6 Å². The summed E-state index contributed by atoms with van der Waals surface area (Å²) in [6.07, 6.45) is 4.17. The van der Waals surface area contributed by atoms with E-state index in [1.807, 2.05) is 7.05 Å². The minimum absolute atomic E-state index is 0.672. The normalized spacial score (nSPS) is 19.8. The van der Waals surface area contributed by atoms with Crippen LogP contribution in [-0.2, 0) is 0 Å². The van der Waals surface area contributed by atoms with Crippen LogP contribution in [0.4, 0.5) is 5.95 Å². The fourth-order valence-corrected chi connectivity index (χ4v) is 2.93. The maximum absolute atomic E-state index is 4.54. The molecule has 3 heterocycles. The van der Waals surface area contributed by atoms with Gasteiger partial charge in [0, 0.05) is 13.1 Å². The molecule has 1 unspecified atom stereocenters. The lowest BCUT2D eigenvalue weighted by molar-refractivity contribution is 0.399. The van der Waals surface area contributed by atoms with Crippen LogP contribution in [0.5, 0.6) is 0 Å². The van der Waals surface area contributed by atoms with E-state index in [2.05, 4.69) is 35.0 Å². The van der Waals surface area contributed by atoms with Gasteiger partial charge in [-0.3, -0.25) is 5.10 Å². The van der Waals surface area contributed by atoms with Crippen LogP contribution in [0.25, 0.3) is 10.7 Å². The third-order valence-corrected chi connectivity index (χ3v) is 4.03. The monoisotopic (exact) mass is 279 g/mol. The van der Waals surface area contributed by atoms with Crippen LogP contribution in [0.1, 0.15) is 12.8 Å². The maximum atomic E-state index is 4.54. The predicted octanol–water partition coefficient (Wildman–Crippen LogP) is 0.759. The lowest BCUT2D eigenvalue weighted by atomic mass is 9.98. The number of nitrogens with zero attached hydrogens (tertiary/aromatic N) is 5. The molecule has 19 heavy (non-hydrogen) atoms. The Kier molecular flexibility index (Phi) is 3.69. The number of aromatic amines is 1. The molecular formula is C11H17N7S. The number of piperidine rings is 1. The van der Waals surface area contributed by atoms with Crippen molar-refractivity contribution in [3.05, 3.63) is 6.20 Å². The topological polar surface area (TPSA) is 82.6 Å². The molecule has 8 heteroatoms. The standard InChI is InChI=1S/C11H17N7S/c1-12-5-8-3-2-4-18(7-8)11-14-10(15-16-11)9-6-13-17-19-9/h6,8,12H,2-5,7H2,1H3,(H,14,15,16). The summed E-state index contributed by atoms with van der Waals surface area (Å²) in [5, 5.41) is 14.3. The molecular weight excluding hydrogens is 262 g/mol. The molecule has 0 amide bonds. The first-order valence-corrected chi connectivity index (χ1v) is 7.24. The van der Waals surface area contributed by atoms with Gasteiger partial charge in [0.05, 0.1) is 6.20 Å². The summed E-state index contributed by atoms with van der Waals surface area (Å²) in [5.41, 5.74) is 0. The minimum atomic E-state index is 0.672. The van der Waals surface area contributed by atoms with Gasteiger partial charge in [-0.1, -0.05) is 4.49 Å². The van der Waals surface area contributed by atoms with Crippen molar-refractivity contribution in [2.24, 2.45) is 5.92 Å². The molecule has 102 valence electrons. The van der Waals surface area contributed by atoms with E-state index in [1.54, 1.807) is 6.20 Å². The van der Waals surface area contributed by atoms with Gasteiger partial charge in [-0.25, -0.2) is 0 Å². The lowest BCUT2D eigenvalue weighted by Gasteiger charge is -2.31. The van der Waals surface area contributed by atoms with Gasteiger partial charge in [-0.05, 0) is 43.9 Å². The average molecular weight is 279 g/mol. The Morgan fingerprint density at radius 1 is 1.58 bits per heavy atom. The van der Waals surface area contributed by atoms with Gasteiger partial charge in [0.1, 0.15) is 4.88 Å². The van der Waals surface area contributed by atoms with Gasteiger partial charge in [0.2, 0.25) is 5.95 Å². The summed E-state index contributed by atoms with van der Waals surface area (Å²) >= 11 is 1.32. The molecule has 0 radical (unpaired) electrons. The molecule has 2 aromatic rings. The Morgan fingerprint density at radius 3 is 3.32 bits per heavy atom. The van der Waals surface area contributed by atoms with E-state index in [0.717, 1.165) is 36.3 Å². The zero-order chi connectivity index (χ0) is 13.1. The molecule has 1 saturated heterocycles. The first-order valence-electron chi connectivity index (χ1n) is 6.46. The molecule has 0 saturated carbocycles. The molecule has 2 N–H and O–H groups in total. The molecule has 3 rings (SSSR count). The van der Waals surface area contributed by atoms with Crippen molar-refractivity contribution < 1.29 is 0 Å². The van der Waals surface area contributed by atoms with Gasteiger partial charge in [-0.15, -0.1) is 10.2 Å². The second kappa shape index (κ2) is 5.62. The van der Waals surface area contributed by atoms with Crippen LogP contribution < -0.4 is 10.2 Å². The number of rotatable bonds is 4. The van der Waals surface area contributed by atoms with Crippen molar-refractivity contribution in [3.8, 4) is 10.7 Å². The van der Waals surface area contributed by atoms with Crippen LogP contribution in [0, 0.1) is 5.92 Å². The Labute approximate surface area is 115 Å². The fourth-order valence-electron chi connectivity index (χ4n) is 2.48.